The summed E-state index contributed by atoms with van der Waals surface area (Å²) in [6.45, 7) is 0.00167. The second-order valence-corrected chi connectivity index (χ2v) is 2.72. The Morgan fingerprint density at radius 3 is 3.30 bits per heavy atom. The van der Waals surface area contributed by atoms with E-state index in [1.807, 2.05) is 6.08 Å². The molecule has 2 rings (SSSR count). The van der Waals surface area contributed by atoms with E-state index in [0.717, 1.165) is 6.42 Å². The molecule has 2 heterocycles. The van der Waals surface area contributed by atoms with Gasteiger partial charge in [-0.3, -0.25) is 4.79 Å². The number of fused-ring (bicyclic) bond motifs is 1. The van der Waals surface area contributed by atoms with E-state index in [2.05, 4.69) is 0 Å². The van der Waals surface area contributed by atoms with Gasteiger partial charge in [0, 0.05) is 6.20 Å². The molecule has 1 unspecified atom stereocenters. The van der Waals surface area contributed by atoms with Crippen LogP contribution in [-0.2, 0) is 4.79 Å². The molecule has 0 aromatic rings. The quantitative estimate of drug-likeness (QED) is 0.508. The molecule has 2 aliphatic heterocycles. The lowest BCUT2D eigenvalue weighted by atomic mass is 9.89. The van der Waals surface area contributed by atoms with Gasteiger partial charge in [-0.15, -0.1) is 0 Å². The molecule has 0 spiro atoms. The molecule has 0 bridgehead atoms. The van der Waals surface area contributed by atoms with Gasteiger partial charge in [-0.05, 0) is 6.42 Å². The van der Waals surface area contributed by atoms with Crippen molar-refractivity contribution in [2.75, 3.05) is 6.61 Å². The van der Waals surface area contributed by atoms with E-state index in [1.165, 1.54) is 0 Å². The molecule has 10 heavy (non-hydrogen) atoms. The van der Waals surface area contributed by atoms with Crippen LogP contribution < -0.4 is 0 Å². The molecule has 3 nitrogen and oxygen atoms in total. The lowest BCUT2D eigenvalue weighted by Crippen LogP contribution is -2.57. The van der Waals surface area contributed by atoms with Gasteiger partial charge in [-0.2, -0.15) is 0 Å². The summed E-state index contributed by atoms with van der Waals surface area (Å²) in [5, 5.41) is 8.73. The molecule has 3 heteroatoms. The summed E-state index contributed by atoms with van der Waals surface area (Å²) >= 11 is 0. The van der Waals surface area contributed by atoms with Crippen molar-refractivity contribution in [3.8, 4) is 0 Å². The molecule has 0 radical (unpaired) electrons. The average molecular weight is 139 g/mol. The highest BCUT2D eigenvalue weighted by atomic mass is 16.3. The maximum absolute atomic E-state index is 11.0. The number of carbonyl (C=O) groups excluding carboxylic acids is 1. The smallest absolute Gasteiger partial charge is 0.234 e. The van der Waals surface area contributed by atoms with Crippen LogP contribution >= 0.6 is 0 Å². The van der Waals surface area contributed by atoms with Crippen molar-refractivity contribution in [2.45, 2.75) is 12.5 Å². The highest BCUT2D eigenvalue weighted by molar-refractivity contribution is 5.87. The van der Waals surface area contributed by atoms with Crippen LogP contribution in [0.4, 0.5) is 0 Å². The summed E-state index contributed by atoms with van der Waals surface area (Å²) in [5.41, 5.74) is 0. The van der Waals surface area contributed by atoms with Crippen LogP contribution in [0.5, 0.6) is 0 Å². The van der Waals surface area contributed by atoms with Gasteiger partial charge in [0.25, 0.3) is 0 Å². The molecular weight excluding hydrogens is 130 g/mol. The van der Waals surface area contributed by atoms with Gasteiger partial charge in [-0.25, -0.2) is 0 Å². The fraction of sp³-hybridized carbons (Fsp3) is 0.571. The van der Waals surface area contributed by atoms with E-state index in [1.54, 1.807) is 11.1 Å². The van der Waals surface area contributed by atoms with Crippen molar-refractivity contribution < 1.29 is 9.90 Å². The Morgan fingerprint density at radius 1 is 1.80 bits per heavy atom. The second kappa shape index (κ2) is 1.83. The number of hydrogen-bond acceptors (Lipinski definition) is 2. The summed E-state index contributed by atoms with van der Waals surface area (Å²) in [5.74, 6) is -0.0451. The number of aliphatic hydroxyl groups is 1. The number of aliphatic hydroxyl groups excluding tert-OH is 1. The normalized spacial score (nSPS) is 36.1. The Morgan fingerprint density at radius 2 is 2.60 bits per heavy atom. The zero-order valence-corrected chi connectivity index (χ0v) is 5.53. The molecule has 0 saturated carbocycles. The van der Waals surface area contributed by atoms with E-state index in [4.69, 9.17) is 5.11 Å². The minimum atomic E-state index is -0.116. The van der Waals surface area contributed by atoms with Crippen molar-refractivity contribution in [1.82, 2.24) is 4.90 Å². The largest absolute Gasteiger partial charge is 0.395 e. The third kappa shape index (κ3) is 0.508. The number of carbonyl (C=O) groups is 1. The summed E-state index contributed by atoms with van der Waals surface area (Å²) in [7, 11) is 0. The van der Waals surface area contributed by atoms with Crippen LogP contribution in [-0.4, -0.2) is 28.6 Å². The van der Waals surface area contributed by atoms with Gasteiger partial charge < -0.3 is 10.0 Å². The predicted molar refractivity (Wildman–Crippen MR) is 35.0 cm³/mol. The van der Waals surface area contributed by atoms with Crippen molar-refractivity contribution in [3.05, 3.63) is 12.3 Å². The number of nitrogens with zero attached hydrogens (tertiary/aromatic N) is 1. The third-order valence-corrected chi connectivity index (χ3v) is 2.23. The minimum absolute atomic E-state index is 0.00167. The molecule has 2 atom stereocenters. The number of rotatable bonds is 1. The van der Waals surface area contributed by atoms with Crippen LogP contribution in [0, 0.1) is 5.92 Å². The standard InChI is InChI=1S/C7H9NO2/c9-4-5-6-2-1-3-8(6)7(5)10/h1,3,5-6,9H,2,4H2/t5?,6-/m1/s1. The Balaban J connectivity index is 2.12. The first-order valence-electron chi connectivity index (χ1n) is 3.44. The molecule has 0 aromatic heterocycles. The first-order valence-corrected chi connectivity index (χ1v) is 3.44. The van der Waals surface area contributed by atoms with E-state index < -0.39 is 0 Å². The molecule has 54 valence electrons. The number of β-lactam (4-membered cyclic amide) rings is 1. The first kappa shape index (κ1) is 5.92. The average Bonchev–Trinajstić information content (AvgIpc) is 2.33. The lowest BCUT2D eigenvalue weighted by Gasteiger charge is -2.40. The van der Waals surface area contributed by atoms with Crippen molar-refractivity contribution in [2.24, 2.45) is 5.92 Å². The Labute approximate surface area is 58.9 Å². The summed E-state index contributed by atoms with van der Waals surface area (Å²) in [6.07, 6.45) is 4.69. The first-order chi connectivity index (χ1) is 4.84. The topological polar surface area (TPSA) is 40.5 Å². The van der Waals surface area contributed by atoms with Gasteiger partial charge in [0.1, 0.15) is 0 Å². The molecular formula is C7H9NO2. The van der Waals surface area contributed by atoms with Crippen LogP contribution in [0.15, 0.2) is 12.3 Å². The predicted octanol–water partition coefficient (Wildman–Crippen LogP) is -0.277. The van der Waals surface area contributed by atoms with Crippen molar-refractivity contribution >= 4 is 5.91 Å². The highest BCUT2D eigenvalue weighted by Gasteiger charge is 2.46. The highest BCUT2D eigenvalue weighted by Crippen LogP contribution is 2.33. The van der Waals surface area contributed by atoms with Crippen molar-refractivity contribution in [1.29, 1.82) is 0 Å². The van der Waals surface area contributed by atoms with E-state index in [-0.39, 0.29) is 24.5 Å². The zero-order chi connectivity index (χ0) is 7.14. The molecule has 1 amide bonds. The van der Waals surface area contributed by atoms with Gasteiger partial charge in [0.2, 0.25) is 5.91 Å². The van der Waals surface area contributed by atoms with Crippen LogP contribution in [0.1, 0.15) is 6.42 Å². The number of amides is 1. The monoisotopic (exact) mass is 139 g/mol. The van der Waals surface area contributed by atoms with Gasteiger partial charge in [0.05, 0.1) is 18.6 Å². The fourth-order valence-electron chi connectivity index (χ4n) is 1.61. The number of hydrogen-bond donors (Lipinski definition) is 1. The van der Waals surface area contributed by atoms with E-state index >= 15 is 0 Å². The molecule has 1 N–H and O–H groups in total. The summed E-state index contributed by atoms with van der Waals surface area (Å²) < 4.78 is 0. The zero-order valence-electron chi connectivity index (χ0n) is 5.53. The summed E-state index contributed by atoms with van der Waals surface area (Å²) in [4.78, 5) is 12.7. The lowest BCUT2D eigenvalue weighted by molar-refractivity contribution is -0.151. The minimum Gasteiger partial charge on any atom is -0.395 e. The van der Waals surface area contributed by atoms with Crippen LogP contribution in [0.25, 0.3) is 0 Å². The Hall–Kier alpha value is -0.830. The molecule has 2 aliphatic rings. The Bertz CT molecular complexity index is 200. The van der Waals surface area contributed by atoms with E-state index in [0.29, 0.717) is 0 Å². The van der Waals surface area contributed by atoms with Crippen molar-refractivity contribution in [3.63, 3.8) is 0 Å². The van der Waals surface area contributed by atoms with Gasteiger partial charge in [-0.1, -0.05) is 6.08 Å². The fourth-order valence-corrected chi connectivity index (χ4v) is 1.61. The SMILES string of the molecule is O=C1C(CO)[C@H]2CC=CN12. The van der Waals surface area contributed by atoms with Crippen LogP contribution in [0.2, 0.25) is 0 Å². The Kier molecular flexibility index (Phi) is 1.08. The molecule has 1 saturated heterocycles. The molecule has 0 aromatic carbocycles. The summed E-state index contributed by atoms with van der Waals surface area (Å²) in [6, 6.07) is 0.275. The van der Waals surface area contributed by atoms with Gasteiger partial charge in [0.15, 0.2) is 0 Å². The second-order valence-electron chi connectivity index (χ2n) is 2.72. The molecule has 1 fully saturated rings. The maximum atomic E-state index is 11.0. The van der Waals surface area contributed by atoms with Gasteiger partial charge >= 0.3 is 0 Å². The van der Waals surface area contributed by atoms with E-state index in [9.17, 15) is 4.79 Å². The molecule has 0 aliphatic carbocycles. The van der Waals surface area contributed by atoms with Crippen LogP contribution in [0.3, 0.4) is 0 Å². The maximum Gasteiger partial charge on any atom is 0.234 e. The third-order valence-electron chi connectivity index (χ3n) is 2.23.